The summed E-state index contributed by atoms with van der Waals surface area (Å²) in [6.07, 6.45) is 3.72. The summed E-state index contributed by atoms with van der Waals surface area (Å²) in [5.74, 6) is 0.993. The van der Waals surface area contributed by atoms with Crippen LogP contribution in [0.2, 0.25) is 0 Å². The SMILES string of the molecule is CC(C)c1nn(C)cc1CNC1CCCS(=O)(=O)C1. The zero-order valence-corrected chi connectivity index (χ0v) is 12.7. The van der Waals surface area contributed by atoms with E-state index in [0.29, 0.717) is 18.2 Å². The molecule has 0 aromatic carbocycles. The van der Waals surface area contributed by atoms with Crippen LogP contribution in [0.4, 0.5) is 0 Å². The van der Waals surface area contributed by atoms with Crippen molar-refractivity contribution in [3.8, 4) is 0 Å². The van der Waals surface area contributed by atoms with Gasteiger partial charge in [0.05, 0.1) is 17.2 Å². The third kappa shape index (κ3) is 3.79. The maximum absolute atomic E-state index is 11.6. The molecule has 0 spiro atoms. The normalized spacial score (nSPS) is 22.8. The lowest BCUT2D eigenvalue weighted by Gasteiger charge is -2.23. The van der Waals surface area contributed by atoms with E-state index in [4.69, 9.17) is 0 Å². The molecule has 1 N–H and O–H groups in total. The molecule has 19 heavy (non-hydrogen) atoms. The Balaban J connectivity index is 1.99. The van der Waals surface area contributed by atoms with Gasteiger partial charge in [-0.05, 0) is 18.8 Å². The average Bonchev–Trinajstić information content (AvgIpc) is 2.67. The van der Waals surface area contributed by atoms with Gasteiger partial charge < -0.3 is 5.32 Å². The highest BCUT2D eigenvalue weighted by Gasteiger charge is 2.24. The Kier molecular flexibility index (Phi) is 4.30. The van der Waals surface area contributed by atoms with E-state index in [9.17, 15) is 8.42 Å². The number of nitrogens with one attached hydrogen (secondary N) is 1. The van der Waals surface area contributed by atoms with Gasteiger partial charge in [0.15, 0.2) is 9.84 Å². The van der Waals surface area contributed by atoms with Crippen LogP contribution in [-0.2, 0) is 23.4 Å². The smallest absolute Gasteiger partial charge is 0.151 e. The lowest BCUT2D eigenvalue weighted by molar-refractivity contribution is 0.479. The van der Waals surface area contributed by atoms with Crippen LogP contribution >= 0.6 is 0 Å². The summed E-state index contributed by atoms with van der Waals surface area (Å²) in [5, 5.41) is 7.83. The van der Waals surface area contributed by atoms with E-state index in [0.717, 1.165) is 18.5 Å². The maximum Gasteiger partial charge on any atom is 0.151 e. The summed E-state index contributed by atoms with van der Waals surface area (Å²) in [4.78, 5) is 0. The first-order valence-corrected chi connectivity index (χ1v) is 8.66. The fraction of sp³-hybridized carbons (Fsp3) is 0.769. The fourth-order valence-electron chi connectivity index (χ4n) is 2.62. The molecule has 1 atom stereocenters. The monoisotopic (exact) mass is 285 g/mol. The number of sulfone groups is 1. The molecule has 0 bridgehead atoms. The number of nitrogens with zero attached hydrogens (tertiary/aromatic N) is 2. The molecule has 2 rings (SSSR count). The quantitative estimate of drug-likeness (QED) is 0.903. The minimum Gasteiger partial charge on any atom is -0.309 e. The van der Waals surface area contributed by atoms with Gasteiger partial charge in [0.2, 0.25) is 0 Å². The molecule has 2 heterocycles. The van der Waals surface area contributed by atoms with Crippen molar-refractivity contribution in [1.82, 2.24) is 15.1 Å². The summed E-state index contributed by atoms with van der Waals surface area (Å²) in [7, 11) is -0.924. The number of rotatable bonds is 4. The molecule has 0 saturated carbocycles. The minimum atomic E-state index is -2.84. The Labute approximate surface area is 115 Å². The van der Waals surface area contributed by atoms with Crippen LogP contribution < -0.4 is 5.32 Å². The van der Waals surface area contributed by atoms with Gasteiger partial charge in [-0.2, -0.15) is 5.10 Å². The minimum absolute atomic E-state index is 0.0824. The molecule has 1 aliphatic heterocycles. The number of hydrogen-bond donors (Lipinski definition) is 1. The molecule has 0 amide bonds. The van der Waals surface area contributed by atoms with Crippen molar-refractivity contribution in [2.75, 3.05) is 11.5 Å². The van der Waals surface area contributed by atoms with Gasteiger partial charge in [0.25, 0.3) is 0 Å². The zero-order valence-electron chi connectivity index (χ0n) is 11.9. The Bertz CT molecular complexity index is 534. The molecular weight excluding hydrogens is 262 g/mol. The van der Waals surface area contributed by atoms with Crippen LogP contribution in [0.3, 0.4) is 0 Å². The molecular formula is C13H23N3O2S. The number of hydrogen-bond acceptors (Lipinski definition) is 4. The topological polar surface area (TPSA) is 64.0 Å². The first kappa shape index (κ1) is 14.5. The summed E-state index contributed by atoms with van der Waals surface area (Å²) >= 11 is 0. The van der Waals surface area contributed by atoms with Crippen molar-refractivity contribution in [1.29, 1.82) is 0 Å². The van der Waals surface area contributed by atoms with Crippen molar-refractivity contribution in [2.45, 2.75) is 45.2 Å². The lowest BCUT2D eigenvalue weighted by atomic mass is 10.1. The van der Waals surface area contributed by atoms with Crippen molar-refractivity contribution in [3.63, 3.8) is 0 Å². The zero-order chi connectivity index (χ0) is 14.0. The number of aryl methyl sites for hydroxylation is 1. The van der Waals surface area contributed by atoms with Gasteiger partial charge in [-0.3, -0.25) is 4.68 Å². The van der Waals surface area contributed by atoms with E-state index >= 15 is 0 Å². The highest BCUT2D eigenvalue weighted by Crippen LogP contribution is 2.18. The molecule has 6 heteroatoms. The van der Waals surface area contributed by atoms with E-state index in [2.05, 4.69) is 24.3 Å². The van der Waals surface area contributed by atoms with Crippen molar-refractivity contribution < 1.29 is 8.42 Å². The average molecular weight is 285 g/mol. The van der Waals surface area contributed by atoms with E-state index in [-0.39, 0.29) is 11.8 Å². The van der Waals surface area contributed by atoms with Gasteiger partial charge in [-0.1, -0.05) is 13.8 Å². The molecule has 1 fully saturated rings. The maximum atomic E-state index is 11.6. The van der Waals surface area contributed by atoms with E-state index in [1.807, 2.05) is 17.9 Å². The second kappa shape index (κ2) is 5.63. The van der Waals surface area contributed by atoms with Crippen molar-refractivity contribution in [3.05, 3.63) is 17.5 Å². The Morgan fingerprint density at radius 3 is 2.89 bits per heavy atom. The largest absolute Gasteiger partial charge is 0.309 e. The second-order valence-corrected chi connectivity index (χ2v) is 7.93. The van der Waals surface area contributed by atoms with E-state index in [1.54, 1.807) is 0 Å². The molecule has 1 saturated heterocycles. The van der Waals surface area contributed by atoms with Gasteiger partial charge in [0, 0.05) is 31.4 Å². The molecule has 1 aromatic heterocycles. The third-order valence-corrected chi connectivity index (χ3v) is 5.35. The fourth-order valence-corrected chi connectivity index (χ4v) is 4.29. The van der Waals surface area contributed by atoms with E-state index < -0.39 is 9.84 Å². The molecule has 1 unspecified atom stereocenters. The predicted octanol–water partition coefficient (Wildman–Crippen LogP) is 1.21. The van der Waals surface area contributed by atoms with Crippen LogP contribution in [0, 0.1) is 0 Å². The summed E-state index contributed by atoms with van der Waals surface area (Å²) in [6, 6.07) is 0.0824. The predicted molar refractivity (Wildman–Crippen MR) is 75.8 cm³/mol. The van der Waals surface area contributed by atoms with Gasteiger partial charge in [-0.15, -0.1) is 0 Å². The van der Waals surface area contributed by atoms with Crippen molar-refractivity contribution in [2.24, 2.45) is 7.05 Å². The molecule has 0 aliphatic carbocycles. The molecule has 1 aliphatic rings. The van der Waals surface area contributed by atoms with Crippen LogP contribution in [0.5, 0.6) is 0 Å². The standard InChI is InChI=1S/C13H23N3O2S/c1-10(2)13-11(8-16(3)15-13)7-14-12-5-4-6-19(17,18)9-12/h8,10,12,14H,4-7,9H2,1-3H3. The Morgan fingerprint density at radius 2 is 2.26 bits per heavy atom. The van der Waals surface area contributed by atoms with Crippen LogP contribution in [0.1, 0.15) is 43.9 Å². The van der Waals surface area contributed by atoms with Gasteiger partial charge >= 0.3 is 0 Å². The first-order valence-electron chi connectivity index (χ1n) is 6.83. The summed E-state index contributed by atoms with van der Waals surface area (Å²) < 4.78 is 25.0. The summed E-state index contributed by atoms with van der Waals surface area (Å²) in [6.45, 7) is 4.94. The Hall–Kier alpha value is -0.880. The summed E-state index contributed by atoms with van der Waals surface area (Å²) in [5.41, 5.74) is 2.26. The van der Waals surface area contributed by atoms with Crippen molar-refractivity contribution >= 4 is 9.84 Å². The van der Waals surface area contributed by atoms with Gasteiger partial charge in [-0.25, -0.2) is 8.42 Å². The number of aromatic nitrogens is 2. The Morgan fingerprint density at radius 1 is 1.53 bits per heavy atom. The van der Waals surface area contributed by atoms with Crippen LogP contribution in [0.25, 0.3) is 0 Å². The van der Waals surface area contributed by atoms with Gasteiger partial charge in [0.1, 0.15) is 0 Å². The van der Waals surface area contributed by atoms with Crippen LogP contribution in [0.15, 0.2) is 6.20 Å². The van der Waals surface area contributed by atoms with Crippen LogP contribution in [-0.4, -0.2) is 35.7 Å². The molecule has 0 radical (unpaired) electrons. The second-order valence-electron chi connectivity index (χ2n) is 5.70. The molecule has 5 nitrogen and oxygen atoms in total. The lowest BCUT2D eigenvalue weighted by Crippen LogP contribution is -2.39. The highest BCUT2D eigenvalue weighted by molar-refractivity contribution is 7.91. The third-order valence-electron chi connectivity index (χ3n) is 3.53. The first-order chi connectivity index (χ1) is 8.87. The van der Waals surface area contributed by atoms with E-state index in [1.165, 1.54) is 5.56 Å². The molecule has 108 valence electrons. The highest BCUT2D eigenvalue weighted by atomic mass is 32.2. The molecule has 1 aromatic rings.